The van der Waals surface area contributed by atoms with Crippen molar-refractivity contribution in [2.45, 2.75) is 33.6 Å². The predicted octanol–water partition coefficient (Wildman–Crippen LogP) is 7.52. The molecule has 1 aromatic heterocycles. The van der Waals surface area contributed by atoms with Gasteiger partial charge in [0, 0.05) is 37.5 Å². The molecule has 0 radical (unpaired) electrons. The van der Waals surface area contributed by atoms with Gasteiger partial charge in [0.1, 0.15) is 0 Å². The highest BCUT2D eigenvalue weighted by atomic mass is 32.1. The Morgan fingerprint density at radius 2 is 1.67 bits per heavy atom. The smallest absolute Gasteiger partial charge is 0.0673 e. The zero-order valence-electron chi connectivity index (χ0n) is 20.5. The number of nitrogens with zero attached hydrogens (tertiary/aromatic N) is 1. The standard InChI is InChI=1S/C26H32N4S.C2H6/c1-4-5-6-7-10-13-21-18-20(19-22(30-21)14-11-8-9-12-17-31)25-23(27)15-16-24(28-2)26(25)29-3;1-2/h5-12,14-19,28-29,31H,4,13,27H2,1-3H3;1-2H3/b6-5-,9-8-,10-7-,14-11+,17-12-;. The van der Waals surface area contributed by atoms with Crippen LogP contribution < -0.4 is 16.4 Å². The maximum absolute atomic E-state index is 6.41. The van der Waals surface area contributed by atoms with Crippen LogP contribution in [0.15, 0.2) is 78.3 Å². The number of rotatable bonds is 10. The number of hydrogen-bond acceptors (Lipinski definition) is 5. The number of benzene rings is 1. The van der Waals surface area contributed by atoms with Crippen LogP contribution in [0.25, 0.3) is 17.2 Å². The first-order valence-electron chi connectivity index (χ1n) is 11.4. The van der Waals surface area contributed by atoms with Gasteiger partial charge in [-0.25, -0.2) is 0 Å². The first-order valence-corrected chi connectivity index (χ1v) is 11.9. The number of aromatic nitrogens is 1. The molecular formula is C28H38N4S. The summed E-state index contributed by atoms with van der Waals surface area (Å²) in [5.74, 6) is 0. The summed E-state index contributed by atoms with van der Waals surface area (Å²) in [5, 5.41) is 8.22. The molecule has 0 saturated carbocycles. The highest BCUT2D eigenvalue weighted by Crippen LogP contribution is 2.39. The van der Waals surface area contributed by atoms with Crippen molar-refractivity contribution in [1.82, 2.24) is 4.98 Å². The maximum Gasteiger partial charge on any atom is 0.0673 e. The minimum atomic E-state index is 0.718. The Bertz CT molecular complexity index is 1000. The van der Waals surface area contributed by atoms with Gasteiger partial charge in [-0.3, -0.25) is 4.98 Å². The fraction of sp³-hybridized carbons (Fsp3) is 0.250. The second kappa shape index (κ2) is 16.5. The Morgan fingerprint density at radius 3 is 2.33 bits per heavy atom. The van der Waals surface area contributed by atoms with Gasteiger partial charge in [-0.05, 0) is 47.7 Å². The van der Waals surface area contributed by atoms with Crippen LogP contribution >= 0.6 is 12.6 Å². The minimum Gasteiger partial charge on any atom is -0.398 e. The molecule has 0 atom stereocenters. The van der Waals surface area contributed by atoms with E-state index in [0.29, 0.717) is 0 Å². The van der Waals surface area contributed by atoms with Gasteiger partial charge in [0.2, 0.25) is 0 Å². The molecule has 5 heteroatoms. The molecule has 0 amide bonds. The second-order valence-electron chi connectivity index (χ2n) is 6.78. The van der Waals surface area contributed by atoms with Crippen molar-refractivity contribution in [2.24, 2.45) is 0 Å². The summed E-state index contributed by atoms with van der Waals surface area (Å²) >= 11 is 4.06. The van der Waals surface area contributed by atoms with Crippen LogP contribution in [0.2, 0.25) is 0 Å². The normalized spacial score (nSPS) is 11.7. The van der Waals surface area contributed by atoms with E-state index in [1.807, 2.05) is 70.5 Å². The molecule has 4 N–H and O–H groups in total. The van der Waals surface area contributed by atoms with Crippen molar-refractivity contribution >= 4 is 35.8 Å². The third-order valence-corrected chi connectivity index (χ3v) is 4.75. The Morgan fingerprint density at radius 1 is 0.939 bits per heavy atom. The number of hydrogen-bond donors (Lipinski definition) is 4. The third-order valence-electron chi connectivity index (χ3n) is 4.58. The zero-order valence-corrected chi connectivity index (χ0v) is 21.4. The predicted molar refractivity (Wildman–Crippen MR) is 153 cm³/mol. The van der Waals surface area contributed by atoms with Crippen LogP contribution in [0, 0.1) is 0 Å². The Balaban J connectivity index is 0.00000265. The van der Waals surface area contributed by atoms with Gasteiger partial charge < -0.3 is 16.4 Å². The lowest BCUT2D eigenvalue weighted by molar-refractivity contribution is 1.10. The SMILES string of the molecule is CC.CC/C=C\C=C/Cc1cc(-c2c(N)ccc(NC)c2NC)cc(/C=C/C=C\C=C/S)n1. The van der Waals surface area contributed by atoms with Gasteiger partial charge in [0.05, 0.1) is 17.1 Å². The van der Waals surface area contributed by atoms with Gasteiger partial charge in [-0.2, -0.15) is 12.6 Å². The molecule has 1 heterocycles. The summed E-state index contributed by atoms with van der Waals surface area (Å²) in [5.41, 5.74) is 12.9. The average molecular weight is 463 g/mol. The number of nitrogens with one attached hydrogen (secondary N) is 2. The average Bonchev–Trinajstić information content (AvgIpc) is 2.84. The number of nitrogens with two attached hydrogens (primary N) is 1. The van der Waals surface area contributed by atoms with Crippen LogP contribution in [-0.2, 0) is 6.42 Å². The summed E-state index contributed by atoms with van der Waals surface area (Å²) in [6, 6.07) is 8.08. The van der Waals surface area contributed by atoms with E-state index in [4.69, 9.17) is 10.7 Å². The Kier molecular flexibility index (Phi) is 13.9. The highest BCUT2D eigenvalue weighted by Gasteiger charge is 2.14. The minimum absolute atomic E-state index is 0.718. The van der Waals surface area contributed by atoms with Crippen LogP contribution in [-0.4, -0.2) is 19.1 Å². The van der Waals surface area contributed by atoms with E-state index in [1.54, 1.807) is 5.41 Å². The molecule has 0 aliphatic carbocycles. The van der Waals surface area contributed by atoms with Gasteiger partial charge in [0.25, 0.3) is 0 Å². The molecule has 176 valence electrons. The molecule has 1 aromatic carbocycles. The van der Waals surface area contributed by atoms with Crippen molar-refractivity contribution in [3.05, 3.63) is 89.7 Å². The Hall–Kier alpha value is -3.18. The highest BCUT2D eigenvalue weighted by molar-refractivity contribution is 7.83. The first-order chi connectivity index (χ1) is 16.1. The van der Waals surface area contributed by atoms with Gasteiger partial charge in [0.15, 0.2) is 0 Å². The second-order valence-corrected chi connectivity index (χ2v) is 7.08. The van der Waals surface area contributed by atoms with E-state index in [0.717, 1.165) is 52.4 Å². The molecule has 33 heavy (non-hydrogen) atoms. The number of nitrogen functional groups attached to an aromatic ring is 1. The fourth-order valence-corrected chi connectivity index (χ4v) is 3.26. The maximum atomic E-state index is 6.41. The van der Waals surface area contributed by atoms with Gasteiger partial charge in [-0.1, -0.05) is 69.4 Å². The largest absolute Gasteiger partial charge is 0.398 e. The monoisotopic (exact) mass is 462 g/mol. The topological polar surface area (TPSA) is 63.0 Å². The quantitative estimate of drug-likeness (QED) is 0.167. The number of thiol groups is 1. The third kappa shape index (κ3) is 9.07. The number of allylic oxidation sites excluding steroid dienone is 8. The molecule has 0 bridgehead atoms. The van der Waals surface area contributed by atoms with E-state index in [-0.39, 0.29) is 0 Å². The summed E-state index contributed by atoms with van der Waals surface area (Å²) in [6.07, 6.45) is 19.8. The van der Waals surface area contributed by atoms with Crippen molar-refractivity contribution in [3.63, 3.8) is 0 Å². The van der Waals surface area contributed by atoms with Crippen LogP contribution in [0.4, 0.5) is 17.1 Å². The number of pyridine rings is 1. The molecule has 0 aliphatic rings. The summed E-state index contributed by atoms with van der Waals surface area (Å²) in [4.78, 5) is 4.82. The summed E-state index contributed by atoms with van der Waals surface area (Å²) < 4.78 is 0. The van der Waals surface area contributed by atoms with E-state index in [9.17, 15) is 0 Å². The Labute approximate surface area is 205 Å². The summed E-state index contributed by atoms with van der Waals surface area (Å²) in [6.45, 7) is 6.12. The lowest BCUT2D eigenvalue weighted by atomic mass is 9.98. The van der Waals surface area contributed by atoms with Crippen LogP contribution in [0.3, 0.4) is 0 Å². The number of anilines is 3. The molecule has 2 aromatic rings. The molecule has 0 fully saturated rings. The van der Waals surface area contributed by atoms with E-state index in [2.05, 4.69) is 66.6 Å². The van der Waals surface area contributed by atoms with Crippen molar-refractivity contribution in [2.75, 3.05) is 30.5 Å². The van der Waals surface area contributed by atoms with E-state index in [1.165, 1.54) is 0 Å². The lowest BCUT2D eigenvalue weighted by Crippen LogP contribution is -2.03. The van der Waals surface area contributed by atoms with Crippen molar-refractivity contribution < 1.29 is 0 Å². The van der Waals surface area contributed by atoms with Crippen molar-refractivity contribution in [1.29, 1.82) is 0 Å². The van der Waals surface area contributed by atoms with Crippen molar-refractivity contribution in [3.8, 4) is 11.1 Å². The van der Waals surface area contributed by atoms with Crippen LogP contribution in [0.1, 0.15) is 38.6 Å². The molecule has 0 saturated heterocycles. The van der Waals surface area contributed by atoms with Gasteiger partial charge >= 0.3 is 0 Å². The molecule has 0 spiro atoms. The molecule has 4 nitrogen and oxygen atoms in total. The molecular weight excluding hydrogens is 424 g/mol. The lowest BCUT2D eigenvalue weighted by Gasteiger charge is -2.17. The first kappa shape index (κ1) is 27.9. The molecule has 0 unspecified atom stereocenters. The fourth-order valence-electron chi connectivity index (χ4n) is 3.16. The zero-order chi connectivity index (χ0) is 24.5. The van der Waals surface area contributed by atoms with E-state index < -0.39 is 0 Å². The molecule has 0 aliphatic heterocycles. The molecule has 2 rings (SSSR count). The summed E-state index contributed by atoms with van der Waals surface area (Å²) in [7, 11) is 3.81. The van der Waals surface area contributed by atoms with Crippen LogP contribution in [0.5, 0.6) is 0 Å². The van der Waals surface area contributed by atoms with E-state index >= 15 is 0 Å². The van der Waals surface area contributed by atoms with Gasteiger partial charge in [-0.15, -0.1) is 0 Å².